The van der Waals surface area contributed by atoms with Crippen LogP contribution in [0, 0.1) is 0 Å². The molecular weight excluding hydrogens is 282 g/mol. The molecule has 0 spiro atoms. The van der Waals surface area contributed by atoms with Gasteiger partial charge in [-0.1, -0.05) is 57.2 Å². The fraction of sp³-hybridized carbons (Fsp3) is 0.429. The molecule has 0 fully saturated rings. The van der Waals surface area contributed by atoms with Crippen LogP contribution < -0.4 is 10.1 Å². The average Bonchev–Trinajstić information content (AvgIpc) is 2.48. The lowest BCUT2D eigenvalue weighted by Gasteiger charge is -2.19. The average molecular weight is 311 g/mol. The van der Waals surface area contributed by atoms with E-state index in [2.05, 4.69) is 62.5 Å². The maximum atomic E-state index is 5.66. The summed E-state index contributed by atoms with van der Waals surface area (Å²) in [6.07, 6.45) is 0.218. The Balaban J connectivity index is 1.83. The number of hydrogen-bond donors (Lipinski definition) is 1. The molecule has 0 unspecified atom stereocenters. The van der Waals surface area contributed by atoms with E-state index in [1.165, 1.54) is 16.7 Å². The molecule has 2 rings (SSSR count). The van der Waals surface area contributed by atoms with Gasteiger partial charge in [0.1, 0.15) is 5.75 Å². The Morgan fingerprint density at radius 2 is 1.30 bits per heavy atom. The van der Waals surface area contributed by atoms with E-state index in [1.54, 1.807) is 0 Å². The molecule has 0 saturated heterocycles. The zero-order valence-electron chi connectivity index (χ0n) is 15.0. The van der Waals surface area contributed by atoms with Crippen molar-refractivity contribution in [3.8, 4) is 5.75 Å². The zero-order chi connectivity index (χ0) is 16.9. The summed E-state index contributed by atoms with van der Waals surface area (Å²) >= 11 is 0. The van der Waals surface area contributed by atoms with Crippen molar-refractivity contribution in [2.75, 3.05) is 0 Å². The number of benzene rings is 2. The lowest BCUT2D eigenvalue weighted by atomic mass is 9.87. The second-order valence-corrected chi connectivity index (χ2v) is 7.36. The number of ether oxygens (including phenoxy) is 1. The third-order valence-electron chi connectivity index (χ3n) is 3.77. The van der Waals surface area contributed by atoms with Crippen molar-refractivity contribution in [3.05, 3.63) is 65.2 Å². The first-order valence-electron chi connectivity index (χ1n) is 8.40. The van der Waals surface area contributed by atoms with Crippen LogP contribution in [-0.2, 0) is 18.5 Å². The van der Waals surface area contributed by atoms with Crippen LogP contribution in [0.1, 0.15) is 51.3 Å². The summed E-state index contributed by atoms with van der Waals surface area (Å²) in [5, 5.41) is 3.50. The summed E-state index contributed by atoms with van der Waals surface area (Å²) < 4.78 is 5.66. The standard InChI is InChI=1S/C21H29NO/c1-16(2)23-20-12-8-18(9-13-20)15-22-14-17-6-10-19(11-7-17)21(3,4)5/h6-13,16,22H,14-15H2,1-5H3. The molecule has 0 heterocycles. The Hall–Kier alpha value is -1.80. The van der Waals surface area contributed by atoms with Gasteiger partial charge in [0.2, 0.25) is 0 Å². The molecule has 1 N–H and O–H groups in total. The highest BCUT2D eigenvalue weighted by molar-refractivity contribution is 5.29. The Morgan fingerprint density at radius 3 is 1.74 bits per heavy atom. The van der Waals surface area contributed by atoms with E-state index in [4.69, 9.17) is 4.74 Å². The Morgan fingerprint density at radius 1 is 0.826 bits per heavy atom. The molecule has 2 nitrogen and oxygen atoms in total. The molecule has 124 valence electrons. The fourth-order valence-corrected chi connectivity index (χ4v) is 2.43. The van der Waals surface area contributed by atoms with Crippen LogP contribution in [-0.4, -0.2) is 6.10 Å². The van der Waals surface area contributed by atoms with Gasteiger partial charge in [0.05, 0.1) is 6.10 Å². The van der Waals surface area contributed by atoms with Crippen molar-refractivity contribution in [2.24, 2.45) is 0 Å². The third kappa shape index (κ3) is 5.72. The van der Waals surface area contributed by atoms with E-state index in [0.29, 0.717) is 0 Å². The fourth-order valence-electron chi connectivity index (χ4n) is 2.43. The van der Waals surface area contributed by atoms with E-state index in [9.17, 15) is 0 Å². The van der Waals surface area contributed by atoms with Crippen LogP contribution in [0.4, 0.5) is 0 Å². The molecule has 0 aliphatic rings. The van der Waals surface area contributed by atoms with E-state index >= 15 is 0 Å². The Kier molecular flexibility index (Phi) is 5.84. The quantitative estimate of drug-likeness (QED) is 0.805. The van der Waals surface area contributed by atoms with Crippen LogP contribution in [0.3, 0.4) is 0 Å². The zero-order valence-corrected chi connectivity index (χ0v) is 15.0. The van der Waals surface area contributed by atoms with Crippen molar-refractivity contribution in [1.82, 2.24) is 5.32 Å². The topological polar surface area (TPSA) is 21.3 Å². The predicted octanol–water partition coefficient (Wildman–Crippen LogP) is 5.06. The molecule has 0 aliphatic heterocycles. The van der Waals surface area contributed by atoms with Gasteiger partial charge in [0, 0.05) is 13.1 Å². The van der Waals surface area contributed by atoms with Crippen molar-refractivity contribution in [1.29, 1.82) is 0 Å². The second kappa shape index (κ2) is 7.65. The molecule has 2 heteroatoms. The monoisotopic (exact) mass is 311 g/mol. The van der Waals surface area contributed by atoms with E-state index in [0.717, 1.165) is 18.8 Å². The van der Waals surface area contributed by atoms with Crippen molar-refractivity contribution in [2.45, 2.75) is 59.2 Å². The first-order chi connectivity index (χ1) is 10.8. The highest BCUT2D eigenvalue weighted by Crippen LogP contribution is 2.22. The summed E-state index contributed by atoms with van der Waals surface area (Å²) in [6.45, 7) is 12.6. The normalized spacial score (nSPS) is 11.7. The Bertz CT molecular complexity index is 591. The van der Waals surface area contributed by atoms with E-state index < -0.39 is 0 Å². The van der Waals surface area contributed by atoms with Gasteiger partial charge < -0.3 is 10.1 Å². The summed E-state index contributed by atoms with van der Waals surface area (Å²) in [5.74, 6) is 0.932. The van der Waals surface area contributed by atoms with Gasteiger partial charge in [0.25, 0.3) is 0 Å². The molecule has 0 aliphatic carbocycles. The highest BCUT2D eigenvalue weighted by atomic mass is 16.5. The smallest absolute Gasteiger partial charge is 0.119 e. The Labute approximate surface area is 140 Å². The third-order valence-corrected chi connectivity index (χ3v) is 3.77. The van der Waals surface area contributed by atoms with Gasteiger partial charge in [-0.15, -0.1) is 0 Å². The number of hydrogen-bond acceptors (Lipinski definition) is 2. The van der Waals surface area contributed by atoms with Gasteiger partial charge in [-0.05, 0) is 48.1 Å². The molecule has 0 amide bonds. The largest absolute Gasteiger partial charge is 0.491 e. The first kappa shape index (κ1) is 17.6. The van der Waals surface area contributed by atoms with Gasteiger partial charge in [-0.3, -0.25) is 0 Å². The van der Waals surface area contributed by atoms with Crippen LogP contribution in [0.2, 0.25) is 0 Å². The second-order valence-electron chi connectivity index (χ2n) is 7.36. The van der Waals surface area contributed by atoms with Crippen LogP contribution in [0.25, 0.3) is 0 Å². The van der Waals surface area contributed by atoms with Gasteiger partial charge in [0.15, 0.2) is 0 Å². The molecule has 0 radical (unpaired) electrons. The summed E-state index contributed by atoms with van der Waals surface area (Å²) in [4.78, 5) is 0. The minimum Gasteiger partial charge on any atom is -0.491 e. The molecule has 2 aromatic rings. The lowest BCUT2D eigenvalue weighted by molar-refractivity contribution is 0.242. The highest BCUT2D eigenvalue weighted by Gasteiger charge is 2.12. The number of rotatable bonds is 6. The molecule has 0 atom stereocenters. The SMILES string of the molecule is CC(C)Oc1ccc(CNCc2ccc(C(C)(C)C)cc2)cc1. The minimum absolute atomic E-state index is 0.214. The molecule has 0 saturated carbocycles. The van der Waals surface area contributed by atoms with E-state index in [-0.39, 0.29) is 11.5 Å². The maximum absolute atomic E-state index is 5.66. The number of nitrogens with one attached hydrogen (secondary N) is 1. The summed E-state index contributed by atoms with van der Waals surface area (Å²) in [5.41, 5.74) is 4.18. The first-order valence-corrected chi connectivity index (χ1v) is 8.40. The van der Waals surface area contributed by atoms with Crippen LogP contribution >= 0.6 is 0 Å². The van der Waals surface area contributed by atoms with Crippen LogP contribution in [0.15, 0.2) is 48.5 Å². The molecule has 2 aromatic carbocycles. The van der Waals surface area contributed by atoms with Crippen molar-refractivity contribution >= 4 is 0 Å². The minimum atomic E-state index is 0.214. The van der Waals surface area contributed by atoms with Gasteiger partial charge in [-0.2, -0.15) is 0 Å². The molecule has 0 bridgehead atoms. The van der Waals surface area contributed by atoms with Gasteiger partial charge in [-0.25, -0.2) is 0 Å². The summed E-state index contributed by atoms with van der Waals surface area (Å²) in [6, 6.07) is 17.2. The summed E-state index contributed by atoms with van der Waals surface area (Å²) in [7, 11) is 0. The predicted molar refractivity (Wildman–Crippen MR) is 97.9 cm³/mol. The lowest BCUT2D eigenvalue weighted by Crippen LogP contribution is -2.14. The molecule has 23 heavy (non-hydrogen) atoms. The van der Waals surface area contributed by atoms with Gasteiger partial charge >= 0.3 is 0 Å². The maximum Gasteiger partial charge on any atom is 0.119 e. The van der Waals surface area contributed by atoms with E-state index in [1.807, 2.05) is 26.0 Å². The molecule has 0 aromatic heterocycles. The van der Waals surface area contributed by atoms with Crippen molar-refractivity contribution in [3.63, 3.8) is 0 Å². The van der Waals surface area contributed by atoms with Crippen molar-refractivity contribution < 1.29 is 4.74 Å². The van der Waals surface area contributed by atoms with Crippen LogP contribution in [0.5, 0.6) is 5.75 Å². The molecular formula is C21H29NO.